The van der Waals surface area contributed by atoms with Crippen molar-refractivity contribution in [2.75, 3.05) is 6.61 Å². The highest BCUT2D eigenvalue weighted by Gasteiger charge is 2.03. The maximum absolute atomic E-state index is 8.56. The van der Waals surface area contributed by atoms with Crippen LogP contribution in [0.25, 0.3) is 0 Å². The lowest BCUT2D eigenvalue weighted by molar-refractivity contribution is 0.269. The summed E-state index contributed by atoms with van der Waals surface area (Å²) in [5.74, 6) is 0. The van der Waals surface area contributed by atoms with Gasteiger partial charge in [-0.25, -0.2) is 0 Å². The zero-order valence-corrected chi connectivity index (χ0v) is 5.64. The number of aliphatic hydroxyl groups is 1. The molecule has 0 aliphatic rings. The summed E-state index contributed by atoms with van der Waals surface area (Å²) in [5, 5.41) is 8.56. The van der Waals surface area contributed by atoms with Crippen molar-refractivity contribution in [3.05, 3.63) is 16.6 Å². The topological polar surface area (TPSA) is 59.1 Å². The predicted octanol–water partition coefficient (Wildman–Crippen LogP) is 0.135. The fraction of sp³-hybridized carbons (Fsp3) is 0.400. The molecular formula is C5H8N2OS. The molecule has 1 heterocycles. The van der Waals surface area contributed by atoms with E-state index >= 15 is 0 Å². The highest BCUT2D eigenvalue weighted by Crippen LogP contribution is 2.12. The maximum atomic E-state index is 8.56. The number of nitrogens with two attached hydrogens (primary N) is 1. The molecule has 0 radical (unpaired) electrons. The van der Waals surface area contributed by atoms with E-state index in [1.807, 2.05) is 0 Å². The molecule has 4 heteroatoms. The van der Waals surface area contributed by atoms with Gasteiger partial charge >= 0.3 is 0 Å². The van der Waals surface area contributed by atoms with Crippen LogP contribution in [0.5, 0.6) is 0 Å². The van der Waals surface area contributed by atoms with Gasteiger partial charge < -0.3 is 10.8 Å². The van der Waals surface area contributed by atoms with Crippen LogP contribution >= 0.6 is 11.3 Å². The van der Waals surface area contributed by atoms with Gasteiger partial charge in [-0.3, -0.25) is 4.98 Å². The predicted molar refractivity (Wildman–Crippen MR) is 36.1 cm³/mol. The number of thiazole rings is 1. The minimum absolute atomic E-state index is 0.0117. The van der Waals surface area contributed by atoms with Crippen LogP contribution in [0, 0.1) is 0 Å². The Morgan fingerprint density at radius 1 is 1.89 bits per heavy atom. The Morgan fingerprint density at radius 3 is 3.11 bits per heavy atom. The fourth-order valence-electron chi connectivity index (χ4n) is 0.499. The first-order valence-corrected chi connectivity index (χ1v) is 3.47. The van der Waals surface area contributed by atoms with Gasteiger partial charge in [-0.15, -0.1) is 11.3 Å². The van der Waals surface area contributed by atoms with Gasteiger partial charge in [0.2, 0.25) is 0 Å². The molecule has 0 saturated heterocycles. The Labute approximate surface area is 57.2 Å². The molecule has 1 aromatic heterocycles. The third kappa shape index (κ3) is 1.48. The second-order valence-electron chi connectivity index (χ2n) is 1.69. The first-order chi connectivity index (χ1) is 4.34. The Kier molecular flexibility index (Phi) is 2.16. The van der Waals surface area contributed by atoms with E-state index in [9.17, 15) is 0 Å². The molecule has 0 bridgehead atoms. The van der Waals surface area contributed by atoms with E-state index in [0.29, 0.717) is 0 Å². The summed E-state index contributed by atoms with van der Waals surface area (Å²) >= 11 is 1.46. The van der Waals surface area contributed by atoms with Crippen molar-refractivity contribution in [1.29, 1.82) is 0 Å². The van der Waals surface area contributed by atoms with E-state index < -0.39 is 0 Å². The van der Waals surface area contributed by atoms with Crippen molar-refractivity contribution in [1.82, 2.24) is 4.98 Å². The monoisotopic (exact) mass is 144 g/mol. The Balaban J connectivity index is 2.65. The van der Waals surface area contributed by atoms with Crippen molar-refractivity contribution >= 4 is 11.3 Å². The van der Waals surface area contributed by atoms with Crippen molar-refractivity contribution in [2.45, 2.75) is 6.04 Å². The summed E-state index contributed by atoms with van der Waals surface area (Å²) in [4.78, 5) is 4.75. The molecule has 1 atom stereocenters. The van der Waals surface area contributed by atoms with Crippen molar-refractivity contribution < 1.29 is 5.11 Å². The van der Waals surface area contributed by atoms with Crippen LogP contribution in [0.2, 0.25) is 0 Å². The normalized spacial score (nSPS) is 13.6. The summed E-state index contributed by atoms with van der Waals surface area (Å²) < 4.78 is 0. The molecule has 9 heavy (non-hydrogen) atoms. The molecule has 0 unspecified atom stereocenters. The molecule has 0 fully saturated rings. The standard InChI is InChI=1S/C5H8N2OS/c6-4(2-8)5-1-7-3-9-5/h1,3-4,8H,2,6H2/t4-/m0/s1. The minimum Gasteiger partial charge on any atom is -0.394 e. The second kappa shape index (κ2) is 2.91. The first kappa shape index (κ1) is 6.67. The Morgan fingerprint density at radius 2 is 2.67 bits per heavy atom. The summed E-state index contributed by atoms with van der Waals surface area (Å²) in [5.41, 5.74) is 7.16. The van der Waals surface area contributed by atoms with Gasteiger partial charge in [-0.05, 0) is 0 Å². The van der Waals surface area contributed by atoms with Crippen molar-refractivity contribution in [3.63, 3.8) is 0 Å². The molecule has 0 spiro atoms. The van der Waals surface area contributed by atoms with Gasteiger partial charge in [0.15, 0.2) is 0 Å². The third-order valence-electron chi connectivity index (χ3n) is 1.01. The van der Waals surface area contributed by atoms with Gasteiger partial charge in [0.25, 0.3) is 0 Å². The lowest BCUT2D eigenvalue weighted by atomic mass is 10.3. The Bertz CT molecular complexity index is 163. The fourth-order valence-corrected chi connectivity index (χ4v) is 1.11. The molecule has 0 aliphatic carbocycles. The highest BCUT2D eigenvalue weighted by molar-refractivity contribution is 7.09. The second-order valence-corrected chi connectivity index (χ2v) is 2.61. The van der Waals surface area contributed by atoms with Crippen LogP contribution in [-0.2, 0) is 0 Å². The number of aliphatic hydroxyl groups excluding tert-OH is 1. The zero-order chi connectivity index (χ0) is 6.69. The van der Waals surface area contributed by atoms with E-state index in [1.165, 1.54) is 11.3 Å². The molecular weight excluding hydrogens is 136 g/mol. The summed E-state index contributed by atoms with van der Waals surface area (Å²) in [6, 6.07) is -0.252. The molecule has 1 aromatic rings. The number of rotatable bonds is 2. The summed E-state index contributed by atoms with van der Waals surface area (Å²) in [6.45, 7) is -0.0117. The van der Waals surface area contributed by atoms with Crippen LogP contribution in [-0.4, -0.2) is 16.7 Å². The third-order valence-corrected chi connectivity index (χ3v) is 1.92. The molecule has 0 aliphatic heterocycles. The van der Waals surface area contributed by atoms with Gasteiger partial charge in [-0.1, -0.05) is 0 Å². The van der Waals surface area contributed by atoms with Gasteiger partial charge in [0.1, 0.15) is 0 Å². The van der Waals surface area contributed by atoms with Gasteiger partial charge in [0.05, 0.1) is 18.2 Å². The molecule has 0 amide bonds. The lowest BCUT2D eigenvalue weighted by Gasteiger charge is -2.00. The highest BCUT2D eigenvalue weighted by atomic mass is 32.1. The van der Waals surface area contributed by atoms with Crippen molar-refractivity contribution in [2.24, 2.45) is 5.73 Å². The quantitative estimate of drug-likeness (QED) is 0.620. The maximum Gasteiger partial charge on any atom is 0.0794 e. The van der Waals surface area contributed by atoms with Crippen LogP contribution in [0.3, 0.4) is 0 Å². The number of hydrogen-bond donors (Lipinski definition) is 2. The SMILES string of the molecule is N[C@@H](CO)c1cncs1. The molecule has 0 saturated carbocycles. The van der Waals surface area contributed by atoms with E-state index in [-0.39, 0.29) is 12.6 Å². The molecule has 3 N–H and O–H groups in total. The summed E-state index contributed by atoms with van der Waals surface area (Å²) in [6.07, 6.45) is 1.67. The van der Waals surface area contributed by atoms with Crippen LogP contribution < -0.4 is 5.73 Å². The van der Waals surface area contributed by atoms with Crippen LogP contribution in [0.15, 0.2) is 11.7 Å². The Hall–Kier alpha value is -0.450. The van der Waals surface area contributed by atoms with E-state index in [1.54, 1.807) is 11.7 Å². The number of hydrogen-bond acceptors (Lipinski definition) is 4. The molecule has 3 nitrogen and oxygen atoms in total. The summed E-state index contributed by atoms with van der Waals surface area (Å²) in [7, 11) is 0. The minimum atomic E-state index is -0.252. The average molecular weight is 144 g/mol. The van der Waals surface area contributed by atoms with E-state index in [0.717, 1.165) is 4.88 Å². The smallest absolute Gasteiger partial charge is 0.0794 e. The zero-order valence-electron chi connectivity index (χ0n) is 4.82. The van der Waals surface area contributed by atoms with E-state index in [4.69, 9.17) is 10.8 Å². The van der Waals surface area contributed by atoms with Gasteiger partial charge in [-0.2, -0.15) is 0 Å². The van der Waals surface area contributed by atoms with Gasteiger partial charge in [0, 0.05) is 11.1 Å². The molecule has 0 aromatic carbocycles. The molecule has 50 valence electrons. The van der Waals surface area contributed by atoms with E-state index in [2.05, 4.69) is 4.98 Å². The number of nitrogens with zero attached hydrogens (tertiary/aromatic N) is 1. The molecule has 1 rings (SSSR count). The van der Waals surface area contributed by atoms with Crippen molar-refractivity contribution in [3.8, 4) is 0 Å². The number of aromatic nitrogens is 1. The van der Waals surface area contributed by atoms with Crippen LogP contribution in [0.1, 0.15) is 10.9 Å². The largest absolute Gasteiger partial charge is 0.394 e. The first-order valence-electron chi connectivity index (χ1n) is 2.59. The lowest BCUT2D eigenvalue weighted by Crippen LogP contribution is -2.12. The van der Waals surface area contributed by atoms with Crippen LogP contribution in [0.4, 0.5) is 0 Å². The average Bonchev–Trinajstić information content (AvgIpc) is 2.37.